The molecule has 1 aliphatic heterocycles. The van der Waals surface area contributed by atoms with E-state index < -0.39 is 0 Å². The minimum absolute atomic E-state index is 1.13. The van der Waals surface area contributed by atoms with Crippen molar-refractivity contribution < 1.29 is 0 Å². The number of anilines is 3. The van der Waals surface area contributed by atoms with Crippen LogP contribution in [-0.4, -0.2) is 13.7 Å². The Bertz CT molecular complexity index is 3180. The number of nitrogens with zero attached hydrogens (tertiary/aromatic N) is 4. The molecule has 12 rings (SSSR count). The van der Waals surface area contributed by atoms with E-state index in [0.29, 0.717) is 0 Å². The third-order valence-electron chi connectivity index (χ3n) is 11.1. The fourth-order valence-electron chi connectivity index (χ4n) is 9.05. The van der Waals surface area contributed by atoms with E-state index in [-0.39, 0.29) is 0 Å². The van der Waals surface area contributed by atoms with Gasteiger partial charge in [0, 0.05) is 49.4 Å². The molecule has 11 aromatic rings. The lowest BCUT2D eigenvalue weighted by Gasteiger charge is -2.33. The summed E-state index contributed by atoms with van der Waals surface area (Å²) in [5.41, 5.74) is 14.3. The first-order chi connectivity index (χ1) is 25.8. The zero-order valence-electron chi connectivity index (χ0n) is 28.1. The summed E-state index contributed by atoms with van der Waals surface area (Å²) >= 11 is 0. The van der Waals surface area contributed by atoms with Crippen LogP contribution in [0, 0.1) is 0 Å². The summed E-state index contributed by atoms with van der Waals surface area (Å²) in [5, 5.41) is 7.56. The average Bonchev–Trinajstić information content (AvgIpc) is 3.85. The topological polar surface area (TPSA) is 18.0 Å². The maximum atomic E-state index is 2.53. The molecule has 0 atom stereocenters. The predicted octanol–water partition coefficient (Wildman–Crippen LogP) is 12.8. The average molecular weight is 663 g/mol. The van der Waals surface area contributed by atoms with Crippen LogP contribution in [0.25, 0.3) is 82.5 Å². The smallest absolute Gasteiger partial charge is 0.0790 e. The molecule has 52 heavy (non-hydrogen) atoms. The molecule has 0 bridgehead atoms. The SMILES string of the molecule is c1ccc(-n2c3ccccc3c3ccc4c5cccc6c5n(c4c32)-c2ccccc2N6c2ccc(-n3c4ccccc4c4ccccc43)cc2)cc1. The van der Waals surface area contributed by atoms with Crippen LogP contribution in [-0.2, 0) is 0 Å². The normalized spacial score (nSPS) is 12.6. The molecule has 0 amide bonds. The Morgan fingerprint density at radius 3 is 1.37 bits per heavy atom. The Hall–Kier alpha value is -7.04. The van der Waals surface area contributed by atoms with Gasteiger partial charge in [-0.3, -0.25) is 0 Å². The van der Waals surface area contributed by atoms with Gasteiger partial charge in [-0.05, 0) is 72.8 Å². The van der Waals surface area contributed by atoms with Crippen LogP contribution in [0.15, 0.2) is 182 Å². The van der Waals surface area contributed by atoms with Crippen molar-refractivity contribution in [2.24, 2.45) is 0 Å². The minimum Gasteiger partial charge on any atom is -0.309 e. The van der Waals surface area contributed by atoms with Crippen molar-refractivity contribution >= 4 is 82.5 Å². The Morgan fingerprint density at radius 2 is 0.673 bits per heavy atom. The zero-order valence-corrected chi connectivity index (χ0v) is 28.1. The maximum Gasteiger partial charge on any atom is 0.0790 e. The second kappa shape index (κ2) is 10.3. The van der Waals surface area contributed by atoms with Crippen LogP contribution < -0.4 is 4.90 Å². The highest BCUT2D eigenvalue weighted by Crippen LogP contribution is 2.51. The molecular weight excluding hydrogens is 633 g/mol. The molecule has 3 aromatic heterocycles. The summed E-state index contributed by atoms with van der Waals surface area (Å²) in [6.07, 6.45) is 0. The maximum absolute atomic E-state index is 2.53. The highest BCUT2D eigenvalue weighted by Gasteiger charge is 2.30. The van der Waals surface area contributed by atoms with Gasteiger partial charge < -0.3 is 18.6 Å². The van der Waals surface area contributed by atoms with Gasteiger partial charge in [0.2, 0.25) is 0 Å². The van der Waals surface area contributed by atoms with Gasteiger partial charge >= 0.3 is 0 Å². The fraction of sp³-hybridized carbons (Fsp3) is 0. The van der Waals surface area contributed by atoms with Gasteiger partial charge in [-0.2, -0.15) is 0 Å². The van der Waals surface area contributed by atoms with Crippen LogP contribution >= 0.6 is 0 Å². The van der Waals surface area contributed by atoms with E-state index in [1.165, 1.54) is 76.8 Å². The van der Waals surface area contributed by atoms with E-state index in [4.69, 9.17) is 0 Å². The number of hydrogen-bond donors (Lipinski definition) is 0. The lowest BCUT2D eigenvalue weighted by atomic mass is 10.1. The third kappa shape index (κ3) is 3.55. The Morgan fingerprint density at radius 1 is 0.231 bits per heavy atom. The summed E-state index contributed by atoms with van der Waals surface area (Å²) < 4.78 is 7.37. The monoisotopic (exact) mass is 662 g/mol. The van der Waals surface area contributed by atoms with Crippen molar-refractivity contribution in [1.82, 2.24) is 13.7 Å². The molecule has 0 saturated heterocycles. The number of para-hydroxylation sites is 7. The number of hydrogen-bond acceptors (Lipinski definition) is 1. The molecule has 8 aromatic carbocycles. The highest BCUT2D eigenvalue weighted by molar-refractivity contribution is 6.26. The summed E-state index contributed by atoms with van der Waals surface area (Å²) in [6, 6.07) is 66.4. The van der Waals surface area contributed by atoms with E-state index in [2.05, 4.69) is 201 Å². The summed E-state index contributed by atoms with van der Waals surface area (Å²) in [6.45, 7) is 0. The van der Waals surface area contributed by atoms with Crippen molar-refractivity contribution in [3.05, 3.63) is 182 Å². The summed E-state index contributed by atoms with van der Waals surface area (Å²) in [5.74, 6) is 0. The largest absolute Gasteiger partial charge is 0.309 e. The van der Waals surface area contributed by atoms with Gasteiger partial charge in [-0.25, -0.2) is 0 Å². The van der Waals surface area contributed by atoms with Crippen molar-refractivity contribution in [3.63, 3.8) is 0 Å². The van der Waals surface area contributed by atoms with Gasteiger partial charge in [0.25, 0.3) is 0 Å². The van der Waals surface area contributed by atoms with E-state index in [1.54, 1.807) is 0 Å². The number of benzene rings is 8. The molecule has 0 fully saturated rings. The van der Waals surface area contributed by atoms with Crippen LogP contribution in [0.4, 0.5) is 17.1 Å². The molecule has 0 spiro atoms. The predicted molar refractivity (Wildman–Crippen MR) is 218 cm³/mol. The van der Waals surface area contributed by atoms with E-state index in [9.17, 15) is 0 Å². The number of aromatic nitrogens is 3. The number of rotatable bonds is 3. The zero-order chi connectivity index (χ0) is 33.9. The van der Waals surface area contributed by atoms with Crippen LogP contribution in [0.5, 0.6) is 0 Å². The van der Waals surface area contributed by atoms with Gasteiger partial charge in [0.1, 0.15) is 0 Å². The second-order valence-electron chi connectivity index (χ2n) is 13.8. The van der Waals surface area contributed by atoms with Gasteiger partial charge in [0.05, 0.1) is 50.2 Å². The molecule has 0 aliphatic carbocycles. The molecule has 0 radical (unpaired) electrons. The highest BCUT2D eigenvalue weighted by atomic mass is 15.2. The molecule has 4 heteroatoms. The molecule has 0 unspecified atom stereocenters. The number of fused-ring (bicyclic) bond motifs is 12. The molecule has 242 valence electrons. The standard InChI is InChI=1S/C48H30N4/c1-2-13-31(14-3-1)51-42-21-9-6-17-36(42)38-29-30-39-37-18-12-24-45-46(37)52(48(39)47(38)51)44-23-11-10-22-43(44)50(45)33-27-25-32(26-28-33)49-40-19-7-4-15-34(40)35-16-5-8-20-41(35)49/h1-30H. The van der Waals surface area contributed by atoms with Crippen molar-refractivity contribution in [1.29, 1.82) is 0 Å². The van der Waals surface area contributed by atoms with Gasteiger partial charge in [0.15, 0.2) is 0 Å². The van der Waals surface area contributed by atoms with Crippen LogP contribution in [0.2, 0.25) is 0 Å². The van der Waals surface area contributed by atoms with Crippen molar-refractivity contribution in [2.45, 2.75) is 0 Å². The van der Waals surface area contributed by atoms with Crippen LogP contribution in [0.1, 0.15) is 0 Å². The van der Waals surface area contributed by atoms with Crippen LogP contribution in [0.3, 0.4) is 0 Å². The lowest BCUT2D eigenvalue weighted by molar-refractivity contribution is 1.10. The Labute approximate surface area is 299 Å². The van der Waals surface area contributed by atoms with Gasteiger partial charge in [-0.1, -0.05) is 109 Å². The fourth-order valence-corrected chi connectivity index (χ4v) is 9.05. The van der Waals surface area contributed by atoms with Crippen molar-refractivity contribution in [2.75, 3.05) is 4.90 Å². The first kappa shape index (κ1) is 27.7. The third-order valence-corrected chi connectivity index (χ3v) is 11.1. The Balaban J connectivity index is 1.13. The molecule has 4 nitrogen and oxygen atoms in total. The van der Waals surface area contributed by atoms with Crippen molar-refractivity contribution in [3.8, 4) is 17.1 Å². The first-order valence-electron chi connectivity index (χ1n) is 17.9. The second-order valence-corrected chi connectivity index (χ2v) is 13.8. The molecular formula is C48H30N4. The summed E-state index contributed by atoms with van der Waals surface area (Å²) in [7, 11) is 0. The van der Waals surface area contributed by atoms with E-state index in [0.717, 1.165) is 22.7 Å². The quantitative estimate of drug-likeness (QED) is 0.184. The first-order valence-corrected chi connectivity index (χ1v) is 17.9. The van der Waals surface area contributed by atoms with E-state index >= 15 is 0 Å². The Kier molecular flexibility index (Phi) is 5.47. The lowest BCUT2D eigenvalue weighted by Crippen LogP contribution is -2.18. The van der Waals surface area contributed by atoms with E-state index in [1.807, 2.05) is 0 Å². The molecule has 1 aliphatic rings. The molecule has 4 heterocycles. The molecule has 0 N–H and O–H groups in total. The summed E-state index contributed by atoms with van der Waals surface area (Å²) in [4.78, 5) is 2.44. The molecule has 0 saturated carbocycles. The van der Waals surface area contributed by atoms with Gasteiger partial charge in [-0.15, -0.1) is 0 Å². The minimum atomic E-state index is 1.13.